The fourth-order valence-corrected chi connectivity index (χ4v) is 3.01. The van der Waals surface area contributed by atoms with Crippen LogP contribution < -0.4 is 0 Å². The number of carbonyl (C=O) groups is 1. The lowest BCUT2D eigenvalue weighted by Crippen LogP contribution is -2.57. The molecule has 1 aromatic carbocycles. The van der Waals surface area contributed by atoms with Gasteiger partial charge in [0.1, 0.15) is 12.2 Å². The van der Waals surface area contributed by atoms with E-state index in [2.05, 4.69) is 9.97 Å². The van der Waals surface area contributed by atoms with Crippen molar-refractivity contribution in [2.75, 3.05) is 34.5 Å². The Labute approximate surface area is 134 Å². The summed E-state index contributed by atoms with van der Waals surface area (Å²) in [5.74, 6) is -0.0890. The van der Waals surface area contributed by atoms with Crippen LogP contribution in [0.25, 0.3) is 11.0 Å². The molecular weight excluding hydrogens is 298 g/mol. The van der Waals surface area contributed by atoms with Crippen molar-refractivity contribution in [1.82, 2.24) is 14.9 Å². The molecule has 0 bridgehead atoms. The van der Waals surface area contributed by atoms with Gasteiger partial charge in [-0.15, -0.1) is 0 Å². The van der Waals surface area contributed by atoms with Crippen molar-refractivity contribution in [1.29, 1.82) is 0 Å². The van der Waals surface area contributed by atoms with E-state index in [9.17, 15) is 4.79 Å². The third-order valence-electron chi connectivity index (χ3n) is 4.38. The molecule has 1 aromatic heterocycles. The number of aromatic nitrogens is 2. The van der Waals surface area contributed by atoms with Crippen molar-refractivity contribution < 1.29 is 19.0 Å². The maximum Gasteiger partial charge on any atom is 0.254 e. The van der Waals surface area contributed by atoms with E-state index in [1.165, 1.54) is 0 Å². The lowest BCUT2D eigenvalue weighted by atomic mass is 10.0. The number of nitrogens with zero attached hydrogens (tertiary/aromatic N) is 2. The number of aromatic amines is 1. The molecule has 0 unspecified atom stereocenters. The van der Waals surface area contributed by atoms with Crippen LogP contribution in [0.15, 0.2) is 24.5 Å². The standard InChI is InChI=1S/C16H21N3O4/c1-19(13-7-23-8-14(21-2)15(13)22-3)16(20)10-4-5-11-12(6-10)18-9-17-11/h4-6,9,13-15H,7-8H2,1-3H3,(H,17,18)/t13-,14-,15+/m1/s1. The Morgan fingerprint density at radius 2 is 2.17 bits per heavy atom. The molecule has 0 spiro atoms. The number of benzene rings is 1. The van der Waals surface area contributed by atoms with E-state index in [0.29, 0.717) is 18.8 Å². The van der Waals surface area contributed by atoms with Crippen LogP contribution in [0, 0.1) is 0 Å². The summed E-state index contributed by atoms with van der Waals surface area (Å²) < 4.78 is 16.5. The van der Waals surface area contributed by atoms with Gasteiger partial charge >= 0.3 is 0 Å². The Morgan fingerprint density at radius 1 is 1.35 bits per heavy atom. The molecule has 0 aliphatic carbocycles. The van der Waals surface area contributed by atoms with Crippen molar-refractivity contribution in [3.63, 3.8) is 0 Å². The molecule has 23 heavy (non-hydrogen) atoms. The van der Waals surface area contributed by atoms with Gasteiger partial charge in [0, 0.05) is 26.8 Å². The summed E-state index contributed by atoms with van der Waals surface area (Å²) in [6, 6.07) is 5.21. The molecule has 2 heterocycles. The highest BCUT2D eigenvalue weighted by molar-refractivity contribution is 5.97. The number of H-pyrrole nitrogens is 1. The zero-order valence-corrected chi connectivity index (χ0v) is 13.5. The second kappa shape index (κ2) is 6.66. The number of methoxy groups -OCH3 is 2. The predicted octanol–water partition coefficient (Wildman–Crippen LogP) is 1.06. The van der Waals surface area contributed by atoms with Crippen LogP contribution in [-0.4, -0.2) is 73.5 Å². The minimum atomic E-state index is -0.224. The van der Waals surface area contributed by atoms with Gasteiger partial charge < -0.3 is 24.1 Å². The van der Waals surface area contributed by atoms with Gasteiger partial charge in [-0.3, -0.25) is 4.79 Å². The Balaban J connectivity index is 1.82. The van der Waals surface area contributed by atoms with Gasteiger partial charge in [0.2, 0.25) is 0 Å². The molecule has 1 amide bonds. The summed E-state index contributed by atoms with van der Waals surface area (Å²) in [7, 11) is 5.01. The third-order valence-corrected chi connectivity index (χ3v) is 4.38. The number of fused-ring (bicyclic) bond motifs is 1. The average molecular weight is 319 g/mol. The largest absolute Gasteiger partial charge is 0.376 e. The van der Waals surface area contributed by atoms with E-state index in [0.717, 1.165) is 11.0 Å². The van der Waals surface area contributed by atoms with Crippen molar-refractivity contribution in [2.45, 2.75) is 18.2 Å². The lowest BCUT2D eigenvalue weighted by molar-refractivity contribution is -0.147. The van der Waals surface area contributed by atoms with Crippen LogP contribution in [0.4, 0.5) is 0 Å². The maximum atomic E-state index is 12.8. The molecule has 1 aliphatic heterocycles. The summed E-state index contributed by atoms with van der Waals surface area (Å²) in [5.41, 5.74) is 2.26. The highest BCUT2D eigenvalue weighted by Gasteiger charge is 2.38. The number of likely N-dealkylation sites (N-methyl/N-ethyl adjacent to an activating group) is 1. The van der Waals surface area contributed by atoms with Crippen LogP contribution in [0.5, 0.6) is 0 Å². The highest BCUT2D eigenvalue weighted by atomic mass is 16.6. The predicted molar refractivity (Wildman–Crippen MR) is 84.4 cm³/mol. The molecule has 7 heteroatoms. The molecule has 0 saturated carbocycles. The Kier molecular flexibility index (Phi) is 4.61. The first-order chi connectivity index (χ1) is 11.2. The van der Waals surface area contributed by atoms with Gasteiger partial charge in [-0.2, -0.15) is 0 Å². The van der Waals surface area contributed by atoms with Crippen molar-refractivity contribution in [3.8, 4) is 0 Å². The minimum Gasteiger partial charge on any atom is -0.376 e. The molecule has 3 rings (SSSR count). The zero-order valence-electron chi connectivity index (χ0n) is 13.5. The topological polar surface area (TPSA) is 76.7 Å². The zero-order chi connectivity index (χ0) is 16.4. The van der Waals surface area contributed by atoms with Gasteiger partial charge in [0.25, 0.3) is 5.91 Å². The number of hydrogen-bond acceptors (Lipinski definition) is 5. The molecule has 1 N–H and O–H groups in total. The van der Waals surface area contributed by atoms with Gasteiger partial charge in [-0.25, -0.2) is 4.98 Å². The van der Waals surface area contributed by atoms with Crippen LogP contribution >= 0.6 is 0 Å². The van der Waals surface area contributed by atoms with Gasteiger partial charge in [0.05, 0.1) is 36.6 Å². The van der Waals surface area contributed by atoms with Crippen LogP contribution in [-0.2, 0) is 14.2 Å². The first kappa shape index (κ1) is 15.9. The Hall–Kier alpha value is -1.96. The normalized spacial score (nSPS) is 24.7. The van der Waals surface area contributed by atoms with Crippen LogP contribution in [0.3, 0.4) is 0 Å². The lowest BCUT2D eigenvalue weighted by Gasteiger charge is -2.40. The van der Waals surface area contributed by atoms with E-state index in [1.54, 1.807) is 44.6 Å². The molecule has 124 valence electrons. The Bertz CT molecular complexity index is 687. The fourth-order valence-electron chi connectivity index (χ4n) is 3.01. The number of ether oxygens (including phenoxy) is 3. The highest BCUT2D eigenvalue weighted by Crippen LogP contribution is 2.21. The first-order valence-electron chi connectivity index (χ1n) is 7.49. The number of amides is 1. The molecular formula is C16H21N3O4. The summed E-state index contributed by atoms with van der Waals surface area (Å²) in [5, 5.41) is 0. The summed E-state index contributed by atoms with van der Waals surface area (Å²) in [6.07, 6.45) is 1.20. The third kappa shape index (κ3) is 2.95. The molecule has 1 aliphatic rings. The van der Waals surface area contributed by atoms with Crippen molar-refractivity contribution in [3.05, 3.63) is 30.1 Å². The summed E-state index contributed by atoms with van der Waals surface area (Å²) in [4.78, 5) is 21.7. The van der Waals surface area contributed by atoms with Crippen molar-refractivity contribution in [2.24, 2.45) is 0 Å². The molecule has 0 radical (unpaired) electrons. The number of carbonyl (C=O) groups excluding carboxylic acids is 1. The fraction of sp³-hybridized carbons (Fsp3) is 0.500. The molecule has 1 fully saturated rings. The molecule has 2 aromatic rings. The number of rotatable bonds is 4. The number of nitrogens with one attached hydrogen (secondary N) is 1. The van der Waals surface area contributed by atoms with Gasteiger partial charge in [-0.05, 0) is 18.2 Å². The summed E-state index contributed by atoms with van der Waals surface area (Å²) in [6.45, 7) is 0.889. The monoisotopic (exact) mass is 319 g/mol. The Morgan fingerprint density at radius 3 is 2.91 bits per heavy atom. The van der Waals surface area contributed by atoms with Gasteiger partial charge in [0.15, 0.2) is 0 Å². The number of hydrogen-bond donors (Lipinski definition) is 1. The second-order valence-electron chi connectivity index (χ2n) is 5.63. The van der Waals surface area contributed by atoms with E-state index in [-0.39, 0.29) is 24.2 Å². The van der Waals surface area contributed by atoms with Crippen molar-refractivity contribution >= 4 is 16.9 Å². The quantitative estimate of drug-likeness (QED) is 0.912. The summed E-state index contributed by atoms with van der Waals surface area (Å²) >= 11 is 0. The van der Waals surface area contributed by atoms with Crippen LogP contribution in [0.2, 0.25) is 0 Å². The second-order valence-corrected chi connectivity index (χ2v) is 5.63. The van der Waals surface area contributed by atoms with Crippen LogP contribution in [0.1, 0.15) is 10.4 Å². The SMILES string of the molecule is CO[C@H]1[C@H](N(C)C(=O)c2ccc3nc[nH]c3c2)COC[C@H]1OC. The number of imidazole rings is 1. The first-order valence-corrected chi connectivity index (χ1v) is 7.49. The minimum absolute atomic E-state index is 0.0890. The van der Waals surface area contributed by atoms with E-state index in [4.69, 9.17) is 14.2 Å². The smallest absolute Gasteiger partial charge is 0.254 e. The molecule has 1 saturated heterocycles. The molecule has 3 atom stereocenters. The molecule has 7 nitrogen and oxygen atoms in total. The van der Waals surface area contributed by atoms with E-state index >= 15 is 0 Å². The average Bonchev–Trinajstić information content (AvgIpc) is 3.07. The van der Waals surface area contributed by atoms with Gasteiger partial charge in [-0.1, -0.05) is 0 Å². The van der Waals surface area contributed by atoms with E-state index in [1.807, 2.05) is 6.07 Å². The van der Waals surface area contributed by atoms with E-state index < -0.39 is 0 Å². The maximum absolute atomic E-state index is 12.8.